The van der Waals surface area contributed by atoms with Gasteiger partial charge < -0.3 is 0 Å². The number of alkyl carbamates (subject to hydrolysis) is 1. The summed E-state index contributed by atoms with van der Waals surface area (Å²) in [5.41, 5.74) is 6.30. The van der Waals surface area contributed by atoms with E-state index in [2.05, 4.69) is 16.0 Å². The van der Waals surface area contributed by atoms with Crippen LogP contribution < -0.4 is 21.7 Å². The topological polar surface area (TPSA) is 182 Å². The van der Waals surface area contributed by atoms with E-state index in [4.69, 9.17) is 20.1 Å². The molecule has 1 rings (SSSR count). The molecule has 42 heavy (non-hydrogen) atoms. The third-order valence-corrected chi connectivity index (χ3v) is 6.01. The summed E-state index contributed by atoms with van der Waals surface area (Å²) in [6.07, 6.45) is 4.05. The van der Waals surface area contributed by atoms with Crippen molar-refractivity contribution >= 4 is 32.2 Å². The molecular weight excluding hydrogens is 546 g/mol. The number of likely N-dealkylation sites (N-methyl/N-ethyl adjacent to an activating group) is 2. The van der Waals surface area contributed by atoms with Crippen LogP contribution in [0.1, 0.15) is 44.1 Å². The molecule has 14 nitrogen and oxygen atoms in total. The molecule has 0 spiro atoms. The third-order valence-electron chi connectivity index (χ3n) is 6.01. The van der Waals surface area contributed by atoms with E-state index in [1.165, 1.54) is 21.3 Å². The Kier molecular flexibility index (Phi) is 23.8. The number of nitrogens with one attached hydrogen (secondary N) is 3. The standard InChI is InChI=1S/C17H26BN3O5.C9H20BN3O3/c1-21(25-2)16(22)15(20-13-18-24)10-6-7-11-19-17(23)26-12-14-8-4-3-5-9-14;1-13(16-2)9(14)8(12-7-10-15)5-3-4-6-11/h3-5,8-9,15,20H,6-7,10-13H2,1-2H3,(H,19,23);8,12H,3-7,11H2,1-2H3. The Morgan fingerprint density at radius 2 is 1.33 bits per heavy atom. The van der Waals surface area contributed by atoms with E-state index in [9.17, 15) is 23.8 Å². The third kappa shape index (κ3) is 18.4. The van der Waals surface area contributed by atoms with Crippen molar-refractivity contribution in [3.8, 4) is 0 Å². The zero-order chi connectivity index (χ0) is 31.6. The average Bonchev–Trinajstić information content (AvgIpc) is 3.02. The second-order valence-corrected chi connectivity index (χ2v) is 9.06. The molecule has 5 N–H and O–H groups in total. The normalized spacial score (nSPS) is 11.5. The van der Waals surface area contributed by atoms with Gasteiger partial charge in [0.2, 0.25) is 0 Å². The van der Waals surface area contributed by atoms with E-state index in [-0.39, 0.29) is 37.4 Å². The van der Waals surface area contributed by atoms with Gasteiger partial charge >= 0.3 is 219 Å². The van der Waals surface area contributed by atoms with Crippen LogP contribution in [0.4, 0.5) is 4.79 Å². The molecule has 0 aromatic heterocycles. The predicted octanol–water partition coefficient (Wildman–Crippen LogP) is 0.169. The number of hydrogen-bond donors (Lipinski definition) is 4. The van der Waals surface area contributed by atoms with Crippen LogP contribution in [0.15, 0.2) is 30.3 Å². The number of amides is 3. The fraction of sp³-hybridized carbons (Fsp3) is 0.654. The van der Waals surface area contributed by atoms with E-state index in [0.29, 0.717) is 45.9 Å². The number of nitrogens with two attached hydrogens (primary N) is 1. The van der Waals surface area contributed by atoms with Crippen LogP contribution in [-0.2, 0) is 40.0 Å². The molecule has 0 aliphatic rings. The van der Waals surface area contributed by atoms with Crippen molar-refractivity contribution in [3.63, 3.8) is 0 Å². The van der Waals surface area contributed by atoms with E-state index >= 15 is 0 Å². The van der Waals surface area contributed by atoms with Crippen molar-refractivity contribution in [1.29, 1.82) is 0 Å². The fourth-order valence-electron chi connectivity index (χ4n) is 3.56. The molecule has 0 saturated heterocycles. The molecule has 1 aromatic rings. The summed E-state index contributed by atoms with van der Waals surface area (Å²) in [4.78, 5) is 45.2. The summed E-state index contributed by atoms with van der Waals surface area (Å²) in [5.74, 6) is -0.425. The van der Waals surface area contributed by atoms with Gasteiger partial charge in [-0.25, -0.2) is 0 Å². The average molecular weight is 592 g/mol. The second-order valence-electron chi connectivity index (χ2n) is 9.06. The van der Waals surface area contributed by atoms with Gasteiger partial charge in [-0.1, -0.05) is 30.3 Å². The van der Waals surface area contributed by atoms with Crippen molar-refractivity contribution in [1.82, 2.24) is 26.1 Å². The number of hydroxylamine groups is 4. The van der Waals surface area contributed by atoms with E-state index in [0.717, 1.165) is 35.7 Å². The molecule has 2 atom stereocenters. The van der Waals surface area contributed by atoms with Crippen LogP contribution in [0, 0.1) is 0 Å². The predicted molar refractivity (Wildman–Crippen MR) is 157 cm³/mol. The van der Waals surface area contributed by atoms with Crippen molar-refractivity contribution in [3.05, 3.63) is 35.9 Å². The molecule has 0 radical (unpaired) electrons. The molecule has 2 unspecified atom stereocenters. The van der Waals surface area contributed by atoms with Gasteiger partial charge in [-0.15, -0.1) is 0 Å². The van der Waals surface area contributed by atoms with E-state index in [1.54, 1.807) is 7.05 Å². The summed E-state index contributed by atoms with van der Waals surface area (Å²) < 4.78 is 25.9. The number of benzene rings is 1. The maximum atomic E-state index is 12.1. The first-order valence-electron chi connectivity index (χ1n) is 13.9. The van der Waals surface area contributed by atoms with E-state index in [1.807, 2.05) is 30.3 Å². The van der Waals surface area contributed by atoms with Gasteiger partial charge in [0, 0.05) is 0 Å². The monoisotopic (exact) mass is 592 g/mol. The van der Waals surface area contributed by atoms with E-state index < -0.39 is 12.1 Å². The van der Waals surface area contributed by atoms with Gasteiger partial charge in [-0.2, -0.15) is 0 Å². The molecule has 3 amide bonds. The zero-order valence-corrected chi connectivity index (χ0v) is 25.2. The quantitative estimate of drug-likeness (QED) is 0.0868. The second kappa shape index (κ2) is 25.7. The summed E-state index contributed by atoms with van der Waals surface area (Å²) in [7, 11) is 7.32. The number of carbonyl (C=O) groups excluding carboxylic acids is 3. The molecule has 0 heterocycles. The van der Waals surface area contributed by atoms with Gasteiger partial charge in [0.1, 0.15) is 0 Å². The minimum atomic E-state index is -0.504. The Hall–Kier alpha value is -3.04. The number of carbonyl (C=O) groups is 3. The van der Waals surface area contributed by atoms with Crippen LogP contribution in [0.2, 0.25) is 0 Å². The Morgan fingerprint density at radius 3 is 1.79 bits per heavy atom. The number of nitrogens with zero attached hydrogens (tertiary/aromatic N) is 2. The maximum absolute atomic E-state index is 12.1. The number of unbranched alkanes of at least 4 members (excludes halogenated alkanes) is 2. The molecule has 1 aromatic carbocycles. The molecular formula is C26H46B2N6O8. The van der Waals surface area contributed by atoms with Crippen LogP contribution in [0.3, 0.4) is 0 Å². The van der Waals surface area contributed by atoms with Gasteiger partial charge in [0.05, 0.1) is 0 Å². The molecule has 0 aliphatic carbocycles. The number of ether oxygens (including phenoxy) is 1. The fourth-order valence-corrected chi connectivity index (χ4v) is 3.56. The van der Waals surface area contributed by atoms with Gasteiger partial charge in [0.25, 0.3) is 0 Å². The molecule has 0 saturated carbocycles. The number of hydrogen-bond acceptors (Lipinski definition) is 11. The summed E-state index contributed by atoms with van der Waals surface area (Å²) in [5, 5.41) is 10.7. The van der Waals surface area contributed by atoms with Gasteiger partial charge in [-0.05, 0) is 0 Å². The molecule has 16 heteroatoms. The molecule has 234 valence electrons. The van der Waals surface area contributed by atoms with Crippen molar-refractivity contribution in [2.45, 2.75) is 57.2 Å². The molecule has 0 bridgehead atoms. The first-order valence-corrected chi connectivity index (χ1v) is 13.9. The molecule has 0 fully saturated rings. The number of rotatable bonds is 21. The SMILES string of the molecule is CON(C)C(=O)C(CCCCN)NCB=O.CON(C)C(=O)C(CCCCNC(=O)OCc1ccccc1)NCB=O. The Labute approximate surface area is 249 Å². The first kappa shape index (κ1) is 39.0. The van der Waals surface area contributed by atoms with Crippen LogP contribution in [-0.4, -0.2) is 109 Å². The summed E-state index contributed by atoms with van der Waals surface area (Å²) in [6.45, 7) is 1.28. The minimum absolute atomic E-state index is 0.0953. The molecule has 0 aliphatic heterocycles. The van der Waals surface area contributed by atoms with Crippen molar-refractivity contribution in [2.75, 3.05) is 54.3 Å². The summed E-state index contributed by atoms with van der Waals surface area (Å²) in [6, 6.07) is 8.54. The van der Waals surface area contributed by atoms with Crippen LogP contribution in [0.5, 0.6) is 0 Å². The zero-order valence-electron chi connectivity index (χ0n) is 25.2. The Balaban J connectivity index is 0.000000903. The Morgan fingerprint density at radius 1 is 0.833 bits per heavy atom. The Bertz CT molecular complexity index is 903. The van der Waals surface area contributed by atoms with Crippen molar-refractivity contribution < 1.29 is 38.2 Å². The van der Waals surface area contributed by atoms with Crippen LogP contribution in [0.25, 0.3) is 0 Å². The first-order chi connectivity index (χ1) is 20.2. The summed E-state index contributed by atoms with van der Waals surface area (Å²) >= 11 is 0. The van der Waals surface area contributed by atoms with Crippen molar-refractivity contribution in [2.24, 2.45) is 5.73 Å². The van der Waals surface area contributed by atoms with Gasteiger partial charge in [-0.3, -0.25) is 0 Å². The van der Waals surface area contributed by atoms with Gasteiger partial charge in [0.15, 0.2) is 0 Å². The van der Waals surface area contributed by atoms with Crippen LogP contribution >= 0.6 is 0 Å².